The Morgan fingerprint density at radius 3 is 2.62 bits per heavy atom. The van der Waals surface area contributed by atoms with Crippen LogP contribution < -0.4 is 11.2 Å². The lowest BCUT2D eigenvalue weighted by molar-refractivity contribution is 0.249. The normalized spacial score (nSPS) is 11.8. The van der Waals surface area contributed by atoms with Crippen molar-refractivity contribution in [3.63, 3.8) is 0 Å². The first-order valence-electron chi connectivity index (χ1n) is 4.61. The predicted octanol–water partition coefficient (Wildman–Crippen LogP) is 2.40. The van der Waals surface area contributed by atoms with E-state index in [1.165, 1.54) is 0 Å². The molecule has 0 atom stereocenters. The van der Waals surface area contributed by atoms with Crippen LogP contribution in [0.25, 0.3) is 6.08 Å². The number of hydrogen-bond donors (Lipinski definition) is 2. The largest absolute Gasteiger partial charge is 0.350 e. The fourth-order valence-electron chi connectivity index (χ4n) is 0.971. The molecule has 0 saturated carbocycles. The van der Waals surface area contributed by atoms with E-state index < -0.39 is 6.03 Å². The number of halogens is 1. The topological polar surface area (TPSA) is 67.5 Å². The van der Waals surface area contributed by atoms with Gasteiger partial charge in [-0.1, -0.05) is 29.8 Å². The molecular formula is C11H12ClN3O. The standard InChI is InChI=1S/C11H12ClN3O/c1-8(14-15-11(13)16)2-3-9-4-6-10(12)7-5-9/h2-7H,1H3,(H3,13,15,16)/b3-2-,14-8-. The average Bonchev–Trinajstić information content (AvgIpc) is 2.25. The van der Waals surface area contributed by atoms with Crippen molar-refractivity contribution < 1.29 is 4.79 Å². The minimum absolute atomic E-state index is 0.647. The zero-order chi connectivity index (χ0) is 12.0. The van der Waals surface area contributed by atoms with Gasteiger partial charge in [0.25, 0.3) is 0 Å². The summed E-state index contributed by atoms with van der Waals surface area (Å²) in [6, 6.07) is 6.69. The number of rotatable bonds is 3. The van der Waals surface area contributed by atoms with Crippen LogP contribution in [0.4, 0.5) is 4.79 Å². The van der Waals surface area contributed by atoms with Gasteiger partial charge in [0.1, 0.15) is 0 Å². The summed E-state index contributed by atoms with van der Waals surface area (Å²) in [5, 5.41) is 4.43. The molecule has 0 aromatic heterocycles. The molecular weight excluding hydrogens is 226 g/mol. The van der Waals surface area contributed by atoms with E-state index in [4.69, 9.17) is 17.3 Å². The van der Waals surface area contributed by atoms with Crippen LogP contribution >= 0.6 is 11.6 Å². The number of carbonyl (C=O) groups is 1. The van der Waals surface area contributed by atoms with Gasteiger partial charge in [-0.05, 0) is 30.7 Å². The van der Waals surface area contributed by atoms with Crippen molar-refractivity contribution >= 4 is 29.4 Å². The highest BCUT2D eigenvalue weighted by atomic mass is 35.5. The first-order valence-corrected chi connectivity index (χ1v) is 4.99. The fourth-order valence-corrected chi connectivity index (χ4v) is 1.10. The molecule has 84 valence electrons. The van der Waals surface area contributed by atoms with Gasteiger partial charge in [-0.2, -0.15) is 5.10 Å². The Kier molecular flexibility index (Phi) is 4.54. The molecule has 4 nitrogen and oxygen atoms in total. The van der Waals surface area contributed by atoms with Gasteiger partial charge < -0.3 is 5.73 Å². The van der Waals surface area contributed by atoms with Crippen molar-refractivity contribution in [3.8, 4) is 0 Å². The molecule has 0 radical (unpaired) electrons. The van der Waals surface area contributed by atoms with Crippen LogP contribution in [0, 0.1) is 0 Å². The van der Waals surface area contributed by atoms with E-state index in [1.807, 2.05) is 18.2 Å². The van der Waals surface area contributed by atoms with Crippen LogP contribution in [-0.2, 0) is 0 Å². The number of nitrogens with one attached hydrogen (secondary N) is 1. The first-order chi connectivity index (χ1) is 7.58. The van der Waals surface area contributed by atoms with Gasteiger partial charge in [0.05, 0.1) is 5.71 Å². The van der Waals surface area contributed by atoms with Crippen molar-refractivity contribution in [1.82, 2.24) is 5.43 Å². The molecule has 0 unspecified atom stereocenters. The van der Waals surface area contributed by atoms with Gasteiger partial charge >= 0.3 is 6.03 Å². The zero-order valence-electron chi connectivity index (χ0n) is 8.77. The van der Waals surface area contributed by atoms with Crippen LogP contribution in [-0.4, -0.2) is 11.7 Å². The lowest BCUT2D eigenvalue weighted by Gasteiger charge is -1.95. The molecule has 0 heterocycles. The quantitative estimate of drug-likeness (QED) is 0.615. The third-order valence-electron chi connectivity index (χ3n) is 1.73. The van der Waals surface area contributed by atoms with Gasteiger partial charge in [-0.25, -0.2) is 10.2 Å². The molecule has 0 aliphatic heterocycles. The molecule has 1 rings (SSSR count). The number of nitrogens with two attached hydrogens (primary N) is 1. The van der Waals surface area contributed by atoms with Crippen molar-refractivity contribution in [3.05, 3.63) is 40.9 Å². The van der Waals surface area contributed by atoms with Crippen LogP contribution in [0.1, 0.15) is 12.5 Å². The Balaban J connectivity index is 2.62. The van der Waals surface area contributed by atoms with Gasteiger partial charge in [0, 0.05) is 5.02 Å². The van der Waals surface area contributed by atoms with Gasteiger partial charge in [0.15, 0.2) is 0 Å². The third kappa shape index (κ3) is 4.61. The summed E-state index contributed by atoms with van der Waals surface area (Å²) in [5.74, 6) is 0. The summed E-state index contributed by atoms with van der Waals surface area (Å²) < 4.78 is 0. The smallest absolute Gasteiger partial charge is 0.332 e. The highest BCUT2D eigenvalue weighted by molar-refractivity contribution is 6.30. The minimum Gasteiger partial charge on any atom is -0.350 e. The number of nitrogens with zero attached hydrogens (tertiary/aromatic N) is 1. The second-order valence-corrected chi connectivity index (χ2v) is 3.55. The summed E-state index contributed by atoms with van der Waals surface area (Å²) in [7, 11) is 0. The van der Waals surface area contributed by atoms with E-state index in [0.717, 1.165) is 5.56 Å². The van der Waals surface area contributed by atoms with Crippen LogP contribution in [0.2, 0.25) is 5.02 Å². The number of carbonyl (C=O) groups excluding carboxylic acids is 1. The van der Waals surface area contributed by atoms with Gasteiger partial charge in [-0.15, -0.1) is 0 Å². The number of amides is 2. The molecule has 16 heavy (non-hydrogen) atoms. The maximum atomic E-state index is 10.4. The van der Waals surface area contributed by atoms with Gasteiger partial charge in [0.2, 0.25) is 0 Å². The van der Waals surface area contributed by atoms with Crippen molar-refractivity contribution in [2.24, 2.45) is 10.8 Å². The highest BCUT2D eigenvalue weighted by Crippen LogP contribution is 2.10. The number of hydrogen-bond acceptors (Lipinski definition) is 2. The van der Waals surface area contributed by atoms with Crippen LogP contribution in [0.15, 0.2) is 35.4 Å². The number of primary amides is 1. The Morgan fingerprint density at radius 1 is 1.44 bits per heavy atom. The molecule has 0 fully saturated rings. The molecule has 2 amide bonds. The summed E-state index contributed by atoms with van der Waals surface area (Å²) in [4.78, 5) is 10.4. The lowest BCUT2D eigenvalue weighted by atomic mass is 10.2. The summed E-state index contributed by atoms with van der Waals surface area (Å²) >= 11 is 5.75. The zero-order valence-corrected chi connectivity index (χ0v) is 9.53. The first kappa shape index (κ1) is 12.3. The SMILES string of the molecule is CC(/C=C\c1ccc(Cl)cc1)=N/NC(N)=O. The number of allylic oxidation sites excluding steroid dienone is 1. The van der Waals surface area contributed by atoms with E-state index >= 15 is 0 Å². The van der Waals surface area contributed by atoms with Gasteiger partial charge in [-0.3, -0.25) is 0 Å². The Morgan fingerprint density at radius 2 is 2.06 bits per heavy atom. The maximum Gasteiger partial charge on any atom is 0.332 e. The molecule has 1 aromatic rings. The van der Waals surface area contributed by atoms with E-state index in [-0.39, 0.29) is 0 Å². The molecule has 0 aliphatic carbocycles. The van der Waals surface area contributed by atoms with Crippen LogP contribution in [0.5, 0.6) is 0 Å². The lowest BCUT2D eigenvalue weighted by Crippen LogP contribution is -2.25. The number of urea groups is 1. The van der Waals surface area contributed by atoms with Crippen molar-refractivity contribution in [2.75, 3.05) is 0 Å². The highest BCUT2D eigenvalue weighted by Gasteiger charge is 1.90. The Bertz CT molecular complexity index is 423. The number of benzene rings is 1. The Hall–Kier alpha value is -1.81. The predicted molar refractivity (Wildman–Crippen MR) is 66.3 cm³/mol. The second kappa shape index (κ2) is 5.92. The Labute approximate surface area is 98.8 Å². The summed E-state index contributed by atoms with van der Waals surface area (Å²) in [6.07, 6.45) is 3.62. The van der Waals surface area contributed by atoms with E-state index in [1.54, 1.807) is 25.1 Å². The molecule has 0 spiro atoms. The fraction of sp³-hybridized carbons (Fsp3) is 0.0909. The maximum absolute atomic E-state index is 10.4. The van der Waals surface area contributed by atoms with Crippen molar-refractivity contribution in [1.29, 1.82) is 0 Å². The monoisotopic (exact) mass is 237 g/mol. The van der Waals surface area contributed by atoms with Crippen LogP contribution in [0.3, 0.4) is 0 Å². The van der Waals surface area contributed by atoms with E-state index in [9.17, 15) is 4.79 Å². The molecule has 1 aromatic carbocycles. The van der Waals surface area contributed by atoms with Crippen molar-refractivity contribution in [2.45, 2.75) is 6.92 Å². The summed E-state index contributed by atoms with van der Waals surface area (Å²) in [5.41, 5.74) is 8.66. The third-order valence-corrected chi connectivity index (χ3v) is 1.98. The van der Waals surface area contributed by atoms with E-state index in [2.05, 4.69) is 10.5 Å². The summed E-state index contributed by atoms with van der Waals surface area (Å²) in [6.45, 7) is 1.75. The van der Waals surface area contributed by atoms with E-state index in [0.29, 0.717) is 10.7 Å². The molecule has 0 aliphatic rings. The molecule has 0 bridgehead atoms. The molecule has 0 saturated heterocycles. The second-order valence-electron chi connectivity index (χ2n) is 3.11. The number of hydrazone groups is 1. The molecule has 3 N–H and O–H groups in total. The molecule has 5 heteroatoms. The minimum atomic E-state index is -0.681. The average molecular weight is 238 g/mol.